The molecule has 2 rings (SSSR count). The summed E-state index contributed by atoms with van der Waals surface area (Å²) in [5, 5.41) is 10.5. The van der Waals surface area contributed by atoms with Gasteiger partial charge in [-0.05, 0) is 68.6 Å². The fourth-order valence-corrected chi connectivity index (χ4v) is 4.04. The van der Waals surface area contributed by atoms with Crippen LogP contribution in [0.1, 0.15) is 61.5 Å². The number of hydrogen-bond acceptors (Lipinski definition) is 2. The van der Waals surface area contributed by atoms with Crippen LogP contribution < -0.4 is 0 Å². The minimum absolute atomic E-state index is 0.310. The molecule has 118 valence electrons. The lowest BCUT2D eigenvalue weighted by Gasteiger charge is -2.32. The molecule has 3 atom stereocenters. The van der Waals surface area contributed by atoms with E-state index in [4.69, 9.17) is 4.74 Å². The molecule has 1 aromatic rings. The Kier molecular flexibility index (Phi) is 5.45. The van der Waals surface area contributed by atoms with Gasteiger partial charge < -0.3 is 9.84 Å². The first kappa shape index (κ1) is 16.5. The predicted octanol–water partition coefficient (Wildman–Crippen LogP) is 4.49. The van der Waals surface area contributed by atoms with Crippen molar-refractivity contribution in [2.75, 3.05) is 6.61 Å². The largest absolute Gasteiger partial charge is 0.386 e. The van der Waals surface area contributed by atoms with Crippen LogP contribution in [0.15, 0.2) is 12.1 Å². The van der Waals surface area contributed by atoms with E-state index in [1.165, 1.54) is 12.0 Å². The second kappa shape index (κ2) is 6.93. The molecule has 2 heteroatoms. The summed E-state index contributed by atoms with van der Waals surface area (Å²) in [5.41, 5.74) is 4.61. The second-order valence-electron chi connectivity index (χ2n) is 7.20. The molecule has 21 heavy (non-hydrogen) atoms. The van der Waals surface area contributed by atoms with E-state index in [2.05, 4.69) is 46.8 Å². The molecule has 0 radical (unpaired) electrons. The van der Waals surface area contributed by atoms with Gasteiger partial charge in [-0.15, -0.1) is 0 Å². The number of rotatable bonds is 4. The molecule has 3 unspecified atom stereocenters. The Bertz CT molecular complexity index is 447. The molecule has 1 fully saturated rings. The molecule has 1 aromatic carbocycles. The maximum Gasteiger partial charge on any atom is 0.103 e. The molecule has 0 bridgehead atoms. The van der Waals surface area contributed by atoms with Crippen molar-refractivity contribution in [3.8, 4) is 0 Å². The summed E-state index contributed by atoms with van der Waals surface area (Å²) in [6, 6.07) is 4.27. The summed E-state index contributed by atoms with van der Waals surface area (Å²) in [6.45, 7) is 11.3. The second-order valence-corrected chi connectivity index (χ2v) is 7.20. The highest BCUT2D eigenvalue weighted by Crippen LogP contribution is 2.31. The number of hydrogen-bond donors (Lipinski definition) is 1. The van der Waals surface area contributed by atoms with Gasteiger partial charge in [0.1, 0.15) is 6.10 Å². The van der Waals surface area contributed by atoms with E-state index in [0.29, 0.717) is 12.7 Å². The van der Waals surface area contributed by atoms with Crippen LogP contribution in [-0.4, -0.2) is 17.8 Å². The summed E-state index contributed by atoms with van der Waals surface area (Å²) in [5.74, 6) is 1.47. The van der Waals surface area contributed by atoms with Crippen LogP contribution in [0.5, 0.6) is 0 Å². The van der Waals surface area contributed by atoms with Gasteiger partial charge in [0, 0.05) is 0 Å². The van der Waals surface area contributed by atoms with Gasteiger partial charge in [0.2, 0.25) is 0 Å². The lowest BCUT2D eigenvalue weighted by atomic mass is 9.82. The monoisotopic (exact) mass is 290 g/mol. The zero-order chi connectivity index (χ0) is 15.6. The number of ether oxygens (including phenoxy) is 1. The Labute approximate surface area is 129 Å². The van der Waals surface area contributed by atoms with E-state index in [9.17, 15) is 5.11 Å². The van der Waals surface area contributed by atoms with Crippen molar-refractivity contribution in [1.29, 1.82) is 0 Å². The van der Waals surface area contributed by atoms with Crippen molar-refractivity contribution in [2.45, 2.75) is 66.1 Å². The van der Waals surface area contributed by atoms with E-state index < -0.39 is 6.10 Å². The molecule has 0 aromatic heterocycles. The molecule has 0 aliphatic heterocycles. The summed E-state index contributed by atoms with van der Waals surface area (Å²) in [6.07, 6.45) is 3.35. The van der Waals surface area contributed by atoms with Gasteiger partial charge >= 0.3 is 0 Å². The van der Waals surface area contributed by atoms with Crippen molar-refractivity contribution in [3.05, 3.63) is 34.4 Å². The van der Waals surface area contributed by atoms with E-state index in [1.54, 1.807) is 0 Å². The summed E-state index contributed by atoms with van der Waals surface area (Å²) < 4.78 is 6.03. The highest BCUT2D eigenvalue weighted by Gasteiger charge is 2.25. The summed E-state index contributed by atoms with van der Waals surface area (Å²) in [7, 11) is 0. The minimum atomic E-state index is -0.516. The van der Waals surface area contributed by atoms with Crippen molar-refractivity contribution in [3.63, 3.8) is 0 Å². The van der Waals surface area contributed by atoms with Crippen LogP contribution >= 0.6 is 0 Å². The highest BCUT2D eigenvalue weighted by atomic mass is 16.5. The number of aryl methyl sites for hydroxylation is 3. The highest BCUT2D eigenvalue weighted by molar-refractivity contribution is 5.38. The van der Waals surface area contributed by atoms with Crippen LogP contribution in [0.2, 0.25) is 0 Å². The standard InChI is InChI=1S/C19H30O2/c1-12-6-13(2)10-17(9-12)21-11-18(20)19-15(4)7-14(3)8-16(19)5/h7-8,12-13,17-18,20H,6,9-11H2,1-5H3. The molecule has 1 aliphatic rings. The first-order valence-corrected chi connectivity index (χ1v) is 8.24. The zero-order valence-electron chi connectivity index (χ0n) is 14.1. The fourth-order valence-electron chi connectivity index (χ4n) is 4.04. The van der Waals surface area contributed by atoms with Gasteiger partial charge in [-0.1, -0.05) is 31.5 Å². The average molecular weight is 290 g/mol. The van der Waals surface area contributed by atoms with E-state index in [1.807, 2.05) is 0 Å². The van der Waals surface area contributed by atoms with Crippen molar-refractivity contribution < 1.29 is 9.84 Å². The smallest absolute Gasteiger partial charge is 0.103 e. The van der Waals surface area contributed by atoms with Gasteiger partial charge in [0.05, 0.1) is 12.7 Å². The van der Waals surface area contributed by atoms with E-state index >= 15 is 0 Å². The Morgan fingerprint density at radius 3 is 2.10 bits per heavy atom. The Morgan fingerprint density at radius 2 is 1.57 bits per heavy atom. The normalized spacial score (nSPS) is 27.6. The molecule has 1 aliphatic carbocycles. The minimum Gasteiger partial charge on any atom is -0.386 e. The Hall–Kier alpha value is -0.860. The van der Waals surface area contributed by atoms with Crippen LogP contribution in [0, 0.1) is 32.6 Å². The number of aliphatic hydroxyl groups is 1. The zero-order valence-corrected chi connectivity index (χ0v) is 14.1. The molecule has 0 amide bonds. The predicted molar refractivity (Wildman–Crippen MR) is 87.5 cm³/mol. The van der Waals surface area contributed by atoms with Crippen LogP contribution in [0.3, 0.4) is 0 Å². The SMILES string of the molecule is Cc1cc(C)c(C(O)COC2CC(C)CC(C)C2)c(C)c1. The molecular weight excluding hydrogens is 260 g/mol. The lowest BCUT2D eigenvalue weighted by molar-refractivity contribution is -0.0415. The Balaban J connectivity index is 1.97. The lowest BCUT2D eigenvalue weighted by Crippen LogP contribution is -2.28. The first-order chi connectivity index (χ1) is 9.86. The third-order valence-electron chi connectivity index (χ3n) is 4.70. The Morgan fingerprint density at radius 1 is 1.05 bits per heavy atom. The topological polar surface area (TPSA) is 29.5 Å². The summed E-state index contributed by atoms with van der Waals surface area (Å²) in [4.78, 5) is 0. The fraction of sp³-hybridized carbons (Fsp3) is 0.684. The third-order valence-corrected chi connectivity index (χ3v) is 4.70. The van der Waals surface area contributed by atoms with Crippen molar-refractivity contribution in [2.24, 2.45) is 11.8 Å². The third kappa shape index (κ3) is 4.31. The van der Waals surface area contributed by atoms with E-state index in [-0.39, 0.29) is 0 Å². The quantitative estimate of drug-likeness (QED) is 0.885. The molecule has 0 spiro atoms. The van der Waals surface area contributed by atoms with Gasteiger partial charge in [-0.3, -0.25) is 0 Å². The molecule has 1 N–H and O–H groups in total. The molecule has 0 heterocycles. The molecule has 1 saturated carbocycles. The van der Waals surface area contributed by atoms with Crippen molar-refractivity contribution in [1.82, 2.24) is 0 Å². The molecule has 2 nitrogen and oxygen atoms in total. The van der Waals surface area contributed by atoms with Gasteiger partial charge in [-0.25, -0.2) is 0 Å². The molecule has 0 saturated heterocycles. The first-order valence-electron chi connectivity index (χ1n) is 8.24. The van der Waals surface area contributed by atoms with Gasteiger partial charge in [0.15, 0.2) is 0 Å². The van der Waals surface area contributed by atoms with Crippen LogP contribution in [0.4, 0.5) is 0 Å². The van der Waals surface area contributed by atoms with Gasteiger partial charge in [-0.2, -0.15) is 0 Å². The maximum atomic E-state index is 10.5. The number of aliphatic hydroxyl groups excluding tert-OH is 1. The molecular formula is C19H30O2. The van der Waals surface area contributed by atoms with Crippen LogP contribution in [-0.2, 0) is 4.74 Å². The van der Waals surface area contributed by atoms with E-state index in [0.717, 1.165) is 41.4 Å². The average Bonchev–Trinajstić information content (AvgIpc) is 2.34. The van der Waals surface area contributed by atoms with Crippen LogP contribution in [0.25, 0.3) is 0 Å². The van der Waals surface area contributed by atoms with Crippen molar-refractivity contribution >= 4 is 0 Å². The number of benzene rings is 1. The summed E-state index contributed by atoms with van der Waals surface area (Å²) >= 11 is 0. The maximum absolute atomic E-state index is 10.5. The van der Waals surface area contributed by atoms with Gasteiger partial charge in [0.25, 0.3) is 0 Å².